The fourth-order valence-corrected chi connectivity index (χ4v) is 2.71. The number of hydrogen-bond donors (Lipinski definition) is 1. The SMILES string of the molecule is CCCC(C#N)NC(=O)c1cccc(CN2CCCC2)c1. The first-order chi connectivity index (χ1) is 10.2. The van der Waals surface area contributed by atoms with E-state index in [9.17, 15) is 4.79 Å². The van der Waals surface area contributed by atoms with Crippen LogP contribution in [0.25, 0.3) is 0 Å². The molecule has 0 aromatic heterocycles. The maximum atomic E-state index is 12.2. The van der Waals surface area contributed by atoms with Crippen molar-refractivity contribution in [2.24, 2.45) is 0 Å². The second kappa shape index (κ2) is 7.80. The van der Waals surface area contributed by atoms with Crippen LogP contribution in [0.3, 0.4) is 0 Å². The molecule has 0 bridgehead atoms. The first-order valence-electron chi connectivity index (χ1n) is 7.74. The molecule has 112 valence electrons. The van der Waals surface area contributed by atoms with E-state index in [2.05, 4.69) is 22.4 Å². The van der Waals surface area contributed by atoms with E-state index in [0.717, 1.165) is 31.6 Å². The van der Waals surface area contributed by atoms with Crippen LogP contribution in [0.15, 0.2) is 24.3 Å². The summed E-state index contributed by atoms with van der Waals surface area (Å²) < 4.78 is 0. The molecule has 1 N–H and O–H groups in total. The molecule has 2 rings (SSSR count). The lowest BCUT2D eigenvalue weighted by molar-refractivity contribution is 0.0943. The third kappa shape index (κ3) is 4.57. The van der Waals surface area contributed by atoms with Gasteiger partial charge >= 0.3 is 0 Å². The maximum Gasteiger partial charge on any atom is 0.252 e. The summed E-state index contributed by atoms with van der Waals surface area (Å²) in [6.07, 6.45) is 4.10. The summed E-state index contributed by atoms with van der Waals surface area (Å²) in [7, 11) is 0. The van der Waals surface area contributed by atoms with Crippen LogP contribution in [-0.4, -0.2) is 29.9 Å². The quantitative estimate of drug-likeness (QED) is 0.874. The van der Waals surface area contributed by atoms with Crippen molar-refractivity contribution in [1.29, 1.82) is 5.26 Å². The van der Waals surface area contributed by atoms with Gasteiger partial charge in [0.2, 0.25) is 0 Å². The van der Waals surface area contributed by atoms with E-state index in [4.69, 9.17) is 5.26 Å². The molecule has 1 aliphatic rings. The smallest absolute Gasteiger partial charge is 0.252 e. The van der Waals surface area contributed by atoms with Gasteiger partial charge in [0.15, 0.2) is 0 Å². The lowest BCUT2D eigenvalue weighted by atomic mass is 10.1. The maximum absolute atomic E-state index is 12.2. The molecular formula is C17H23N3O. The van der Waals surface area contributed by atoms with Gasteiger partial charge in [-0.2, -0.15) is 5.26 Å². The molecule has 1 unspecified atom stereocenters. The third-order valence-electron chi connectivity index (χ3n) is 3.83. The van der Waals surface area contributed by atoms with E-state index in [1.54, 1.807) is 0 Å². The van der Waals surface area contributed by atoms with Crippen LogP contribution >= 0.6 is 0 Å². The van der Waals surface area contributed by atoms with Crippen molar-refractivity contribution in [3.63, 3.8) is 0 Å². The van der Waals surface area contributed by atoms with Crippen molar-refractivity contribution in [2.75, 3.05) is 13.1 Å². The van der Waals surface area contributed by atoms with E-state index >= 15 is 0 Å². The largest absolute Gasteiger partial charge is 0.336 e. The molecule has 1 atom stereocenters. The Morgan fingerprint density at radius 1 is 1.43 bits per heavy atom. The van der Waals surface area contributed by atoms with Crippen LogP contribution < -0.4 is 5.32 Å². The van der Waals surface area contributed by atoms with Crippen LogP contribution in [0.4, 0.5) is 0 Å². The molecule has 0 aliphatic carbocycles. The van der Waals surface area contributed by atoms with Crippen molar-refractivity contribution in [3.05, 3.63) is 35.4 Å². The van der Waals surface area contributed by atoms with Crippen molar-refractivity contribution in [1.82, 2.24) is 10.2 Å². The van der Waals surface area contributed by atoms with E-state index in [-0.39, 0.29) is 5.91 Å². The first kappa shape index (κ1) is 15.5. The topological polar surface area (TPSA) is 56.1 Å². The minimum Gasteiger partial charge on any atom is -0.336 e. The standard InChI is InChI=1S/C17H23N3O/c1-2-6-16(12-18)19-17(21)15-8-5-7-14(11-15)13-20-9-3-4-10-20/h5,7-8,11,16H,2-4,6,9-10,13H2,1H3,(H,19,21). The molecule has 1 saturated heterocycles. The van der Waals surface area contributed by atoms with Gasteiger partial charge < -0.3 is 5.32 Å². The summed E-state index contributed by atoms with van der Waals surface area (Å²) in [5.41, 5.74) is 1.80. The van der Waals surface area contributed by atoms with Gasteiger partial charge in [0.1, 0.15) is 6.04 Å². The van der Waals surface area contributed by atoms with Crippen LogP contribution in [0, 0.1) is 11.3 Å². The highest BCUT2D eigenvalue weighted by Gasteiger charge is 2.15. The Morgan fingerprint density at radius 3 is 2.86 bits per heavy atom. The van der Waals surface area contributed by atoms with E-state index < -0.39 is 6.04 Å². The van der Waals surface area contributed by atoms with E-state index in [1.165, 1.54) is 12.8 Å². The second-order valence-electron chi connectivity index (χ2n) is 5.63. The number of amides is 1. The Kier molecular flexibility index (Phi) is 5.77. The summed E-state index contributed by atoms with van der Waals surface area (Å²) in [5.74, 6) is -0.154. The molecule has 1 aromatic carbocycles. The average molecular weight is 285 g/mol. The number of benzene rings is 1. The van der Waals surface area contributed by atoms with Gasteiger partial charge in [0.05, 0.1) is 6.07 Å². The number of nitrogens with zero attached hydrogens (tertiary/aromatic N) is 2. The summed E-state index contributed by atoms with van der Waals surface area (Å²) in [6.45, 7) is 5.19. The number of carbonyl (C=O) groups excluding carboxylic acids is 1. The molecule has 0 radical (unpaired) electrons. The zero-order valence-electron chi connectivity index (χ0n) is 12.6. The molecular weight excluding hydrogens is 262 g/mol. The fraction of sp³-hybridized carbons (Fsp3) is 0.529. The van der Waals surface area contributed by atoms with Crippen molar-refractivity contribution < 1.29 is 4.79 Å². The Morgan fingerprint density at radius 2 is 2.19 bits per heavy atom. The van der Waals surface area contributed by atoms with Crippen molar-refractivity contribution in [2.45, 2.75) is 45.2 Å². The Bertz CT molecular complexity index is 515. The molecule has 1 aliphatic heterocycles. The molecule has 4 nitrogen and oxygen atoms in total. The number of rotatable bonds is 6. The minimum absolute atomic E-state index is 0.154. The van der Waals surface area contributed by atoms with Crippen LogP contribution in [-0.2, 0) is 6.54 Å². The van der Waals surface area contributed by atoms with Gasteiger partial charge in [-0.05, 0) is 50.0 Å². The first-order valence-corrected chi connectivity index (χ1v) is 7.74. The van der Waals surface area contributed by atoms with Gasteiger partial charge in [-0.3, -0.25) is 9.69 Å². The van der Waals surface area contributed by atoms with Gasteiger partial charge in [0.25, 0.3) is 5.91 Å². The predicted octanol–water partition coefficient (Wildman–Crippen LogP) is 2.70. The Labute approximate surface area is 126 Å². The number of nitriles is 1. The average Bonchev–Trinajstić information content (AvgIpc) is 3.00. The fourth-order valence-electron chi connectivity index (χ4n) is 2.71. The highest BCUT2D eigenvalue weighted by Crippen LogP contribution is 2.14. The van der Waals surface area contributed by atoms with Gasteiger partial charge in [-0.15, -0.1) is 0 Å². The molecule has 1 fully saturated rings. The molecule has 21 heavy (non-hydrogen) atoms. The zero-order valence-corrected chi connectivity index (χ0v) is 12.6. The van der Waals surface area contributed by atoms with Crippen LogP contribution in [0.5, 0.6) is 0 Å². The number of hydrogen-bond acceptors (Lipinski definition) is 3. The summed E-state index contributed by atoms with van der Waals surface area (Å²) in [6, 6.07) is 9.46. The molecule has 0 spiro atoms. The lowest BCUT2D eigenvalue weighted by Crippen LogP contribution is -2.33. The molecule has 4 heteroatoms. The number of likely N-dealkylation sites (tertiary alicyclic amines) is 1. The van der Waals surface area contributed by atoms with Crippen molar-refractivity contribution in [3.8, 4) is 6.07 Å². The van der Waals surface area contributed by atoms with Crippen LogP contribution in [0.1, 0.15) is 48.5 Å². The van der Waals surface area contributed by atoms with Gasteiger partial charge in [-0.1, -0.05) is 25.5 Å². The normalized spacial score (nSPS) is 16.4. The lowest BCUT2D eigenvalue weighted by Gasteiger charge is -2.15. The van der Waals surface area contributed by atoms with E-state index in [1.807, 2.05) is 25.1 Å². The molecule has 1 aromatic rings. The highest BCUT2D eigenvalue weighted by molar-refractivity contribution is 5.94. The second-order valence-corrected chi connectivity index (χ2v) is 5.63. The summed E-state index contributed by atoms with van der Waals surface area (Å²) in [5, 5.41) is 11.8. The molecule has 1 heterocycles. The number of carbonyl (C=O) groups is 1. The Hall–Kier alpha value is -1.86. The van der Waals surface area contributed by atoms with Gasteiger partial charge in [0, 0.05) is 12.1 Å². The summed E-state index contributed by atoms with van der Waals surface area (Å²) >= 11 is 0. The zero-order chi connectivity index (χ0) is 15.1. The van der Waals surface area contributed by atoms with Crippen LogP contribution in [0.2, 0.25) is 0 Å². The minimum atomic E-state index is -0.398. The number of nitrogens with one attached hydrogen (secondary N) is 1. The molecule has 1 amide bonds. The highest BCUT2D eigenvalue weighted by atomic mass is 16.1. The summed E-state index contributed by atoms with van der Waals surface area (Å²) in [4.78, 5) is 14.6. The monoisotopic (exact) mass is 285 g/mol. The van der Waals surface area contributed by atoms with Gasteiger partial charge in [-0.25, -0.2) is 0 Å². The Balaban J connectivity index is 1.99. The molecule has 0 saturated carbocycles. The van der Waals surface area contributed by atoms with Crippen molar-refractivity contribution >= 4 is 5.91 Å². The van der Waals surface area contributed by atoms with E-state index in [0.29, 0.717) is 12.0 Å². The third-order valence-corrected chi connectivity index (χ3v) is 3.83. The predicted molar refractivity (Wildman–Crippen MR) is 82.7 cm³/mol.